The van der Waals surface area contributed by atoms with Crippen molar-refractivity contribution in [3.05, 3.63) is 89.2 Å². The Kier molecular flexibility index (Phi) is 7.59. The predicted octanol–water partition coefficient (Wildman–Crippen LogP) is 5.80. The summed E-state index contributed by atoms with van der Waals surface area (Å²) in [6.45, 7) is 10.3. The third kappa shape index (κ3) is 5.59. The lowest BCUT2D eigenvalue weighted by molar-refractivity contribution is -0.134. The average Bonchev–Trinajstić information content (AvgIpc) is 3.32. The van der Waals surface area contributed by atoms with Crippen molar-refractivity contribution in [2.45, 2.75) is 52.6 Å². The molecule has 6 nitrogen and oxygen atoms in total. The summed E-state index contributed by atoms with van der Waals surface area (Å²) >= 11 is 0. The van der Waals surface area contributed by atoms with E-state index in [9.17, 15) is 9.59 Å². The van der Waals surface area contributed by atoms with Gasteiger partial charge in [0, 0.05) is 37.2 Å². The van der Waals surface area contributed by atoms with Gasteiger partial charge in [0.1, 0.15) is 6.54 Å². The Balaban J connectivity index is 1.56. The first-order valence-corrected chi connectivity index (χ1v) is 12.5. The summed E-state index contributed by atoms with van der Waals surface area (Å²) < 4.78 is 2.22. The third-order valence-corrected chi connectivity index (χ3v) is 6.65. The Morgan fingerprint density at radius 3 is 2.51 bits per heavy atom. The van der Waals surface area contributed by atoms with Crippen molar-refractivity contribution in [3.63, 3.8) is 0 Å². The first-order valence-electron chi connectivity index (χ1n) is 12.5. The van der Waals surface area contributed by atoms with Gasteiger partial charge < -0.3 is 19.7 Å². The molecule has 6 heteroatoms. The number of aromatic nitrogens is 1. The van der Waals surface area contributed by atoms with Crippen molar-refractivity contribution < 1.29 is 9.59 Å². The fourth-order valence-corrected chi connectivity index (χ4v) is 4.77. The zero-order valence-corrected chi connectivity index (χ0v) is 21.2. The number of carbonyl (C=O) groups excluding carboxylic acids is 2. The molecule has 1 unspecified atom stereocenters. The van der Waals surface area contributed by atoms with E-state index in [0.717, 1.165) is 35.5 Å². The number of anilines is 1. The summed E-state index contributed by atoms with van der Waals surface area (Å²) in [5, 5.41) is 2.96. The zero-order valence-electron chi connectivity index (χ0n) is 21.2. The Morgan fingerprint density at radius 2 is 1.83 bits per heavy atom. The Labute approximate surface area is 208 Å². The SMILES string of the molecule is CCCN(CC(=O)N1CCn2cccc2C1c1ccc(C(C)C)cc1)C(=O)Nc1cccc(C)c1. The second-order valence-electron chi connectivity index (χ2n) is 9.66. The highest BCUT2D eigenvalue weighted by molar-refractivity contribution is 5.92. The number of fused-ring (bicyclic) bond motifs is 1. The van der Waals surface area contributed by atoms with Crippen molar-refractivity contribution in [3.8, 4) is 0 Å². The van der Waals surface area contributed by atoms with Gasteiger partial charge in [-0.1, -0.05) is 57.2 Å². The van der Waals surface area contributed by atoms with Crippen LogP contribution in [0.1, 0.15) is 61.5 Å². The number of nitrogens with one attached hydrogen (secondary N) is 1. The highest BCUT2D eigenvalue weighted by Crippen LogP contribution is 2.33. The largest absolute Gasteiger partial charge is 0.348 e. The molecule has 0 radical (unpaired) electrons. The van der Waals surface area contributed by atoms with Crippen LogP contribution >= 0.6 is 0 Å². The molecule has 35 heavy (non-hydrogen) atoms. The number of aryl methyl sites for hydroxylation is 1. The molecule has 1 N–H and O–H groups in total. The van der Waals surface area contributed by atoms with Gasteiger partial charge in [0.15, 0.2) is 0 Å². The first kappa shape index (κ1) is 24.6. The maximum Gasteiger partial charge on any atom is 0.322 e. The van der Waals surface area contributed by atoms with E-state index in [0.29, 0.717) is 19.0 Å². The van der Waals surface area contributed by atoms with Crippen molar-refractivity contribution in [1.82, 2.24) is 14.4 Å². The standard InChI is InChI=1S/C29H36N4O2/c1-5-15-32(29(35)30-25-9-6-8-22(4)19-25)20-27(34)33-18-17-31-16-7-10-26(31)28(33)24-13-11-23(12-14-24)21(2)3/h6-14,16,19,21,28H,5,15,17-18,20H2,1-4H3,(H,30,35). The molecule has 0 spiro atoms. The summed E-state index contributed by atoms with van der Waals surface area (Å²) in [7, 11) is 0. The summed E-state index contributed by atoms with van der Waals surface area (Å²) in [6.07, 6.45) is 2.85. The van der Waals surface area contributed by atoms with Gasteiger partial charge >= 0.3 is 6.03 Å². The molecule has 1 aliphatic rings. The number of hydrogen-bond acceptors (Lipinski definition) is 2. The topological polar surface area (TPSA) is 57.6 Å². The van der Waals surface area contributed by atoms with Crippen LogP contribution in [0.3, 0.4) is 0 Å². The van der Waals surface area contributed by atoms with Gasteiger partial charge in [0.25, 0.3) is 0 Å². The van der Waals surface area contributed by atoms with E-state index < -0.39 is 0 Å². The van der Waals surface area contributed by atoms with Crippen LogP contribution in [0, 0.1) is 6.92 Å². The molecule has 1 aliphatic heterocycles. The van der Waals surface area contributed by atoms with E-state index in [1.54, 1.807) is 4.90 Å². The summed E-state index contributed by atoms with van der Waals surface area (Å²) in [6, 6.07) is 20.0. The number of rotatable bonds is 7. The van der Waals surface area contributed by atoms with Crippen molar-refractivity contribution >= 4 is 17.6 Å². The quantitative estimate of drug-likeness (QED) is 0.473. The van der Waals surface area contributed by atoms with Gasteiger partial charge in [-0.05, 0) is 60.2 Å². The molecule has 0 saturated carbocycles. The number of urea groups is 1. The average molecular weight is 473 g/mol. The molecule has 184 valence electrons. The van der Waals surface area contributed by atoms with Crippen molar-refractivity contribution in [2.75, 3.05) is 25.0 Å². The number of carbonyl (C=O) groups is 2. The molecular formula is C29H36N4O2. The van der Waals surface area contributed by atoms with Gasteiger partial charge in [0.2, 0.25) is 5.91 Å². The Morgan fingerprint density at radius 1 is 1.06 bits per heavy atom. The van der Waals surface area contributed by atoms with E-state index in [-0.39, 0.29) is 24.5 Å². The van der Waals surface area contributed by atoms with Crippen LogP contribution in [0.2, 0.25) is 0 Å². The van der Waals surface area contributed by atoms with Gasteiger partial charge in [-0.2, -0.15) is 0 Å². The van der Waals surface area contributed by atoms with Crippen LogP contribution in [0.25, 0.3) is 0 Å². The number of amides is 3. The molecule has 0 fully saturated rings. The maximum absolute atomic E-state index is 13.7. The lowest BCUT2D eigenvalue weighted by atomic mass is 9.95. The number of benzene rings is 2. The van der Waals surface area contributed by atoms with E-state index in [1.807, 2.05) is 49.1 Å². The third-order valence-electron chi connectivity index (χ3n) is 6.65. The van der Waals surface area contributed by atoms with Gasteiger partial charge in [-0.15, -0.1) is 0 Å². The maximum atomic E-state index is 13.7. The molecule has 1 atom stereocenters. The molecule has 3 amide bonds. The molecule has 0 saturated heterocycles. The smallest absolute Gasteiger partial charge is 0.322 e. The number of hydrogen-bond donors (Lipinski definition) is 1. The summed E-state index contributed by atoms with van der Waals surface area (Å²) in [5.41, 5.74) is 5.28. The molecule has 0 aliphatic carbocycles. The van der Waals surface area contributed by atoms with Crippen molar-refractivity contribution in [2.24, 2.45) is 0 Å². The minimum Gasteiger partial charge on any atom is -0.348 e. The van der Waals surface area contributed by atoms with E-state index in [2.05, 4.69) is 60.3 Å². The van der Waals surface area contributed by atoms with Gasteiger partial charge in [0.05, 0.1) is 6.04 Å². The van der Waals surface area contributed by atoms with Gasteiger partial charge in [-0.25, -0.2) is 4.79 Å². The molecule has 3 aromatic rings. The molecule has 2 aromatic carbocycles. The Hall–Kier alpha value is -3.54. The second-order valence-corrected chi connectivity index (χ2v) is 9.66. The number of nitrogens with zero attached hydrogens (tertiary/aromatic N) is 3. The molecule has 1 aromatic heterocycles. The minimum atomic E-state index is -0.246. The van der Waals surface area contributed by atoms with Crippen LogP contribution in [0.5, 0.6) is 0 Å². The Bertz CT molecular complexity index is 1170. The van der Waals surface area contributed by atoms with Crippen LogP contribution in [0.4, 0.5) is 10.5 Å². The fourth-order valence-electron chi connectivity index (χ4n) is 4.77. The summed E-state index contributed by atoms with van der Waals surface area (Å²) in [5.74, 6) is 0.412. The highest BCUT2D eigenvalue weighted by Gasteiger charge is 2.33. The van der Waals surface area contributed by atoms with E-state index >= 15 is 0 Å². The minimum absolute atomic E-state index is 0.0387. The fraction of sp³-hybridized carbons (Fsp3) is 0.379. The van der Waals surface area contributed by atoms with Crippen LogP contribution in [-0.4, -0.2) is 45.9 Å². The van der Waals surface area contributed by atoms with Crippen LogP contribution < -0.4 is 5.32 Å². The van der Waals surface area contributed by atoms with E-state index in [4.69, 9.17) is 0 Å². The van der Waals surface area contributed by atoms with Gasteiger partial charge in [-0.3, -0.25) is 4.79 Å². The van der Waals surface area contributed by atoms with Crippen LogP contribution in [0.15, 0.2) is 66.9 Å². The monoisotopic (exact) mass is 472 g/mol. The zero-order chi connectivity index (χ0) is 24.9. The lowest BCUT2D eigenvalue weighted by Crippen LogP contribution is -2.48. The molecule has 4 rings (SSSR count). The van der Waals surface area contributed by atoms with Crippen LogP contribution in [-0.2, 0) is 11.3 Å². The lowest BCUT2D eigenvalue weighted by Gasteiger charge is -2.38. The normalized spacial score (nSPS) is 15.1. The molecule has 2 heterocycles. The predicted molar refractivity (Wildman–Crippen MR) is 141 cm³/mol. The highest BCUT2D eigenvalue weighted by atomic mass is 16.2. The van der Waals surface area contributed by atoms with E-state index in [1.165, 1.54) is 5.56 Å². The summed E-state index contributed by atoms with van der Waals surface area (Å²) in [4.78, 5) is 30.3. The second kappa shape index (κ2) is 10.8. The molecular weight excluding hydrogens is 436 g/mol. The first-order chi connectivity index (χ1) is 16.9. The van der Waals surface area contributed by atoms with Crippen molar-refractivity contribution in [1.29, 1.82) is 0 Å². The molecule has 0 bridgehead atoms.